The van der Waals surface area contributed by atoms with E-state index in [1.165, 1.54) is 0 Å². The summed E-state index contributed by atoms with van der Waals surface area (Å²) in [4.78, 5) is 0. The Morgan fingerprint density at radius 3 is 2.20 bits per heavy atom. The molecule has 0 rings (SSSR count). The van der Waals surface area contributed by atoms with Crippen molar-refractivity contribution in [3.63, 3.8) is 0 Å². The minimum absolute atomic E-state index is 0.388. The van der Waals surface area contributed by atoms with Gasteiger partial charge in [0.1, 0.15) is 0 Å². The fraction of sp³-hybridized carbons (Fsp3) is 0.250. The Bertz CT molecular complexity index is 267. The molecule has 0 fully saturated rings. The maximum Gasteiger partial charge on any atom is 0.185 e. The Morgan fingerprint density at radius 2 is 1.73 bits per heavy atom. The standard InChI is InChI=1S/C8H13ClN4S2/c1-3-4-10-7(14)12-13-8(15)11-5-6(2)9/h3H,1-2,4-5H2,(H2,10,12,14)(H2,11,13,15). The zero-order chi connectivity index (χ0) is 11.7. The fourth-order valence-corrected chi connectivity index (χ4v) is 0.867. The minimum atomic E-state index is 0.388. The quantitative estimate of drug-likeness (QED) is 0.342. The predicted molar refractivity (Wildman–Crippen MR) is 72.7 cm³/mol. The van der Waals surface area contributed by atoms with E-state index in [0.717, 1.165) is 0 Å². The molecule has 0 heterocycles. The van der Waals surface area contributed by atoms with Gasteiger partial charge in [-0.3, -0.25) is 10.9 Å². The summed E-state index contributed by atoms with van der Waals surface area (Å²) < 4.78 is 0. The highest BCUT2D eigenvalue weighted by Gasteiger charge is 1.96. The summed E-state index contributed by atoms with van der Waals surface area (Å²) in [6.07, 6.45) is 1.70. The molecule has 0 spiro atoms. The van der Waals surface area contributed by atoms with E-state index in [1.807, 2.05) is 0 Å². The van der Waals surface area contributed by atoms with Crippen LogP contribution in [0.2, 0.25) is 0 Å². The van der Waals surface area contributed by atoms with Crippen LogP contribution >= 0.6 is 36.0 Å². The third kappa shape index (κ3) is 9.45. The molecule has 15 heavy (non-hydrogen) atoms. The summed E-state index contributed by atoms with van der Waals surface area (Å²) in [5.74, 6) is 0. The average molecular weight is 265 g/mol. The average Bonchev–Trinajstić information content (AvgIpc) is 2.20. The van der Waals surface area contributed by atoms with Gasteiger partial charge in [0.25, 0.3) is 0 Å². The predicted octanol–water partition coefficient (Wildman–Crippen LogP) is 0.768. The molecule has 0 aromatic heterocycles. The van der Waals surface area contributed by atoms with Crippen molar-refractivity contribution in [2.45, 2.75) is 0 Å². The molecule has 0 radical (unpaired) electrons. The topological polar surface area (TPSA) is 48.1 Å². The van der Waals surface area contributed by atoms with Crippen LogP contribution in [0.25, 0.3) is 0 Å². The maximum atomic E-state index is 5.54. The lowest BCUT2D eigenvalue weighted by Crippen LogP contribution is -2.50. The third-order valence-electron chi connectivity index (χ3n) is 1.14. The number of halogens is 1. The second-order valence-electron chi connectivity index (χ2n) is 2.45. The molecule has 0 aliphatic rings. The lowest BCUT2D eigenvalue weighted by molar-refractivity contribution is 0.807. The number of hydrogen-bond donors (Lipinski definition) is 4. The van der Waals surface area contributed by atoms with E-state index in [0.29, 0.717) is 28.3 Å². The highest BCUT2D eigenvalue weighted by atomic mass is 35.5. The van der Waals surface area contributed by atoms with Gasteiger partial charge in [0.2, 0.25) is 0 Å². The number of thiocarbonyl (C=S) groups is 2. The Labute approximate surface area is 105 Å². The molecule has 7 heteroatoms. The van der Waals surface area contributed by atoms with Gasteiger partial charge >= 0.3 is 0 Å². The summed E-state index contributed by atoms with van der Waals surface area (Å²) in [7, 11) is 0. The van der Waals surface area contributed by atoms with Crippen LogP contribution in [0.1, 0.15) is 0 Å². The van der Waals surface area contributed by atoms with Gasteiger partial charge in [0.15, 0.2) is 10.2 Å². The van der Waals surface area contributed by atoms with Gasteiger partial charge in [-0.25, -0.2) is 0 Å². The number of rotatable bonds is 4. The number of hydrazine groups is 1. The molecule has 84 valence electrons. The van der Waals surface area contributed by atoms with Crippen molar-refractivity contribution < 1.29 is 0 Å². The summed E-state index contributed by atoms with van der Waals surface area (Å²) in [5, 5.41) is 6.97. The van der Waals surface area contributed by atoms with E-state index in [9.17, 15) is 0 Å². The fourth-order valence-electron chi connectivity index (χ4n) is 0.543. The lowest BCUT2D eigenvalue weighted by atomic mass is 10.6. The molecule has 0 saturated carbocycles. The Kier molecular flexibility index (Phi) is 7.98. The first kappa shape index (κ1) is 14.2. The van der Waals surface area contributed by atoms with Crippen LogP contribution in [0, 0.1) is 0 Å². The van der Waals surface area contributed by atoms with Crippen molar-refractivity contribution in [2.75, 3.05) is 13.1 Å². The Morgan fingerprint density at radius 1 is 1.20 bits per heavy atom. The highest BCUT2D eigenvalue weighted by molar-refractivity contribution is 7.80. The summed E-state index contributed by atoms with van der Waals surface area (Å²) in [6, 6.07) is 0. The van der Waals surface area contributed by atoms with Crippen molar-refractivity contribution >= 4 is 46.3 Å². The molecule has 0 bridgehead atoms. The summed E-state index contributed by atoms with van der Waals surface area (Å²) in [5.41, 5.74) is 5.37. The molecule has 4 N–H and O–H groups in total. The van der Waals surface area contributed by atoms with Crippen LogP contribution in [0.4, 0.5) is 0 Å². The first-order valence-corrected chi connectivity index (χ1v) is 5.27. The Balaban J connectivity index is 3.57. The van der Waals surface area contributed by atoms with E-state index in [2.05, 4.69) is 34.6 Å². The molecule has 0 unspecified atom stereocenters. The molecule has 0 saturated heterocycles. The van der Waals surface area contributed by atoms with E-state index < -0.39 is 0 Å². The monoisotopic (exact) mass is 264 g/mol. The molecule has 4 nitrogen and oxygen atoms in total. The van der Waals surface area contributed by atoms with Crippen molar-refractivity contribution in [3.05, 3.63) is 24.3 Å². The van der Waals surface area contributed by atoms with E-state index in [1.54, 1.807) is 6.08 Å². The first-order valence-electron chi connectivity index (χ1n) is 4.08. The Hall–Kier alpha value is -0.850. The SMILES string of the molecule is C=CCNC(=S)NNC(=S)NCC(=C)Cl. The van der Waals surface area contributed by atoms with Gasteiger partial charge in [0.05, 0.1) is 6.54 Å². The largest absolute Gasteiger partial charge is 0.358 e. The second-order valence-corrected chi connectivity index (χ2v) is 3.80. The van der Waals surface area contributed by atoms with E-state index in [-0.39, 0.29) is 0 Å². The smallest absolute Gasteiger partial charge is 0.185 e. The van der Waals surface area contributed by atoms with Crippen LogP contribution in [0.3, 0.4) is 0 Å². The molecule has 0 atom stereocenters. The highest BCUT2D eigenvalue weighted by Crippen LogP contribution is 1.91. The van der Waals surface area contributed by atoms with E-state index >= 15 is 0 Å². The minimum Gasteiger partial charge on any atom is -0.358 e. The van der Waals surface area contributed by atoms with Crippen molar-refractivity contribution in [1.82, 2.24) is 21.5 Å². The van der Waals surface area contributed by atoms with Crippen molar-refractivity contribution in [3.8, 4) is 0 Å². The summed E-state index contributed by atoms with van der Waals surface area (Å²) in [6.45, 7) is 8.05. The van der Waals surface area contributed by atoms with Gasteiger partial charge in [-0.2, -0.15) is 0 Å². The second kappa shape index (κ2) is 8.46. The molecule has 0 amide bonds. The van der Waals surface area contributed by atoms with Crippen molar-refractivity contribution in [1.29, 1.82) is 0 Å². The molecule has 0 aromatic rings. The first-order chi connectivity index (χ1) is 7.06. The van der Waals surface area contributed by atoms with Gasteiger partial charge in [0, 0.05) is 11.6 Å². The van der Waals surface area contributed by atoms with Crippen LogP contribution in [-0.2, 0) is 0 Å². The number of hydrogen-bond acceptors (Lipinski definition) is 2. The molecule has 0 aliphatic carbocycles. The third-order valence-corrected chi connectivity index (χ3v) is 1.76. The zero-order valence-electron chi connectivity index (χ0n) is 8.10. The number of nitrogens with one attached hydrogen (secondary N) is 4. The van der Waals surface area contributed by atoms with Crippen LogP contribution < -0.4 is 21.5 Å². The van der Waals surface area contributed by atoms with Gasteiger partial charge < -0.3 is 10.6 Å². The molecular weight excluding hydrogens is 252 g/mol. The lowest BCUT2D eigenvalue weighted by Gasteiger charge is -2.12. The molecular formula is C8H13ClN4S2. The maximum absolute atomic E-state index is 5.54. The molecule has 0 aliphatic heterocycles. The van der Waals surface area contributed by atoms with E-state index in [4.69, 9.17) is 36.0 Å². The van der Waals surface area contributed by atoms with Crippen LogP contribution in [0.5, 0.6) is 0 Å². The summed E-state index contributed by atoms with van der Waals surface area (Å²) >= 11 is 15.4. The van der Waals surface area contributed by atoms with Gasteiger partial charge in [-0.05, 0) is 24.4 Å². The van der Waals surface area contributed by atoms with Gasteiger partial charge in [-0.1, -0.05) is 24.3 Å². The van der Waals surface area contributed by atoms with Crippen molar-refractivity contribution in [2.24, 2.45) is 0 Å². The van der Waals surface area contributed by atoms with Crippen LogP contribution in [-0.4, -0.2) is 23.3 Å². The zero-order valence-corrected chi connectivity index (χ0v) is 10.5. The normalized spacial score (nSPS) is 8.60. The van der Waals surface area contributed by atoms with Gasteiger partial charge in [-0.15, -0.1) is 6.58 Å². The van der Waals surface area contributed by atoms with Crippen LogP contribution in [0.15, 0.2) is 24.3 Å². The molecule has 0 aromatic carbocycles.